The molecule has 0 bridgehead atoms. The van der Waals surface area contributed by atoms with Gasteiger partial charge in [0.2, 0.25) is 11.6 Å². The average molecular weight is 378 g/mol. The minimum Gasteiger partial charge on any atom is -0.469 e. The standard InChI is InChI=1S/C11H14N3O3S.C4H8F2O/c1-7-6-12-11(17-7)10-8(2)14(13-18-10)5-4-9(15)16-3;1-4(5,6)3-7-2/h6H,4-5H2,1-3H3;3H2,1-2H3/q+1;. The van der Waals surface area contributed by atoms with Crippen LogP contribution >= 0.6 is 11.5 Å². The molecule has 2 aromatic heterocycles. The Morgan fingerprint density at radius 2 is 2.08 bits per heavy atom. The van der Waals surface area contributed by atoms with Gasteiger partial charge in [-0.2, -0.15) is 0 Å². The fourth-order valence-corrected chi connectivity index (χ4v) is 2.54. The minimum absolute atomic E-state index is 0.247. The van der Waals surface area contributed by atoms with E-state index in [1.165, 1.54) is 25.8 Å². The average Bonchev–Trinajstić information content (AvgIpc) is 3.10. The number of esters is 1. The van der Waals surface area contributed by atoms with E-state index in [0.29, 0.717) is 18.9 Å². The molecule has 0 spiro atoms. The van der Waals surface area contributed by atoms with Crippen LogP contribution in [0.3, 0.4) is 0 Å². The molecule has 0 aliphatic heterocycles. The van der Waals surface area contributed by atoms with Gasteiger partial charge in [-0.1, -0.05) is 4.68 Å². The van der Waals surface area contributed by atoms with Crippen molar-refractivity contribution in [3.8, 4) is 10.8 Å². The number of carbonyl (C=O) groups is 1. The van der Waals surface area contributed by atoms with E-state index >= 15 is 0 Å². The van der Waals surface area contributed by atoms with E-state index in [0.717, 1.165) is 23.3 Å². The molecule has 0 aromatic carbocycles. The monoisotopic (exact) mass is 378 g/mol. The number of aromatic nitrogens is 3. The smallest absolute Gasteiger partial charge is 0.312 e. The third-order valence-electron chi connectivity index (χ3n) is 2.92. The number of methoxy groups -OCH3 is 2. The van der Waals surface area contributed by atoms with Crippen molar-refractivity contribution >= 4 is 17.5 Å². The summed E-state index contributed by atoms with van der Waals surface area (Å²) in [5.41, 5.74) is 0.936. The molecule has 140 valence electrons. The third-order valence-corrected chi connectivity index (χ3v) is 3.85. The molecule has 0 amide bonds. The predicted octanol–water partition coefficient (Wildman–Crippen LogP) is 2.55. The Bertz CT molecular complexity index is 683. The molecule has 2 aromatic rings. The SMILES string of the molecule is COC(=O)CC[n+]1nsc(-c2ncc(C)o2)c1C.COCC(C)(F)F. The summed E-state index contributed by atoms with van der Waals surface area (Å²) in [6, 6.07) is 0. The number of oxazole rings is 1. The van der Waals surface area contributed by atoms with E-state index in [4.69, 9.17) is 4.42 Å². The number of hydrogen-bond donors (Lipinski definition) is 0. The van der Waals surface area contributed by atoms with Crippen LogP contribution in [0.25, 0.3) is 10.8 Å². The number of nitrogens with zero attached hydrogens (tertiary/aromatic N) is 3. The molecule has 7 nitrogen and oxygen atoms in total. The van der Waals surface area contributed by atoms with Crippen molar-refractivity contribution in [2.75, 3.05) is 20.8 Å². The number of carbonyl (C=O) groups excluding carboxylic acids is 1. The van der Waals surface area contributed by atoms with Crippen LogP contribution in [0.4, 0.5) is 8.78 Å². The second kappa shape index (κ2) is 9.52. The van der Waals surface area contributed by atoms with Crippen molar-refractivity contribution in [2.24, 2.45) is 0 Å². The number of hydrogen-bond acceptors (Lipinski definition) is 7. The Hall–Kier alpha value is -1.94. The highest BCUT2D eigenvalue weighted by Crippen LogP contribution is 2.24. The lowest BCUT2D eigenvalue weighted by molar-refractivity contribution is -0.750. The number of alkyl halides is 2. The third kappa shape index (κ3) is 7.22. The molecular formula is C15H22F2N3O4S+. The van der Waals surface area contributed by atoms with Crippen LogP contribution in [-0.4, -0.2) is 42.2 Å². The van der Waals surface area contributed by atoms with Crippen LogP contribution < -0.4 is 4.68 Å². The van der Waals surface area contributed by atoms with Gasteiger partial charge in [0.1, 0.15) is 18.8 Å². The summed E-state index contributed by atoms with van der Waals surface area (Å²) < 4.78 is 43.4. The van der Waals surface area contributed by atoms with Crippen LogP contribution in [0.1, 0.15) is 24.8 Å². The summed E-state index contributed by atoms with van der Waals surface area (Å²) >= 11 is 1.31. The zero-order valence-corrected chi connectivity index (χ0v) is 15.7. The van der Waals surface area contributed by atoms with Crippen molar-refractivity contribution in [1.29, 1.82) is 0 Å². The van der Waals surface area contributed by atoms with Crippen molar-refractivity contribution in [3.05, 3.63) is 17.7 Å². The van der Waals surface area contributed by atoms with Crippen molar-refractivity contribution in [3.63, 3.8) is 0 Å². The lowest BCUT2D eigenvalue weighted by Gasteiger charge is -2.05. The van der Waals surface area contributed by atoms with E-state index in [-0.39, 0.29) is 5.97 Å². The van der Waals surface area contributed by atoms with Crippen molar-refractivity contribution < 1.29 is 32.1 Å². The topological polar surface area (TPSA) is 78.3 Å². The van der Waals surface area contributed by atoms with Gasteiger partial charge in [-0.05, 0) is 6.92 Å². The van der Waals surface area contributed by atoms with E-state index in [1.807, 2.05) is 13.8 Å². The highest BCUT2D eigenvalue weighted by molar-refractivity contribution is 7.09. The van der Waals surface area contributed by atoms with Gasteiger partial charge in [-0.25, -0.2) is 13.8 Å². The quantitative estimate of drug-likeness (QED) is 0.568. The molecule has 0 saturated carbocycles. The molecule has 2 heterocycles. The lowest BCUT2D eigenvalue weighted by atomic mass is 10.3. The molecule has 0 atom stereocenters. The highest BCUT2D eigenvalue weighted by Gasteiger charge is 2.23. The van der Waals surface area contributed by atoms with Crippen LogP contribution in [0.2, 0.25) is 0 Å². The first-order valence-electron chi connectivity index (χ1n) is 7.40. The molecule has 25 heavy (non-hydrogen) atoms. The largest absolute Gasteiger partial charge is 0.469 e. The van der Waals surface area contributed by atoms with Gasteiger partial charge in [-0.3, -0.25) is 4.79 Å². The van der Waals surface area contributed by atoms with Gasteiger partial charge >= 0.3 is 5.97 Å². The highest BCUT2D eigenvalue weighted by atomic mass is 32.1. The molecule has 0 aliphatic rings. The lowest BCUT2D eigenvalue weighted by Crippen LogP contribution is -2.39. The van der Waals surface area contributed by atoms with Gasteiger partial charge in [-0.15, -0.1) is 0 Å². The Balaban J connectivity index is 0.000000381. The molecule has 0 aliphatic carbocycles. The minimum atomic E-state index is -2.67. The maximum Gasteiger partial charge on any atom is 0.312 e. The molecule has 10 heteroatoms. The van der Waals surface area contributed by atoms with Crippen molar-refractivity contribution in [2.45, 2.75) is 39.7 Å². The Kier molecular flexibility index (Phi) is 8.04. The number of aryl methyl sites for hydroxylation is 2. The molecule has 0 radical (unpaired) electrons. The first-order chi connectivity index (χ1) is 11.7. The normalized spacial score (nSPS) is 11.0. The van der Waals surface area contributed by atoms with Gasteiger partial charge in [0.25, 0.3) is 5.92 Å². The zero-order chi connectivity index (χ0) is 19.0. The Morgan fingerprint density at radius 1 is 1.40 bits per heavy atom. The second-order valence-electron chi connectivity index (χ2n) is 5.32. The fourth-order valence-electron chi connectivity index (χ4n) is 1.75. The molecular weight excluding hydrogens is 356 g/mol. The molecule has 0 N–H and O–H groups in total. The summed E-state index contributed by atoms with van der Waals surface area (Å²) in [5, 5.41) is 0. The predicted molar refractivity (Wildman–Crippen MR) is 86.4 cm³/mol. The number of rotatable bonds is 6. The van der Waals surface area contributed by atoms with E-state index in [2.05, 4.69) is 18.9 Å². The van der Waals surface area contributed by atoms with Gasteiger partial charge in [0, 0.05) is 32.5 Å². The fraction of sp³-hybridized carbons (Fsp3) is 0.600. The van der Waals surface area contributed by atoms with Crippen LogP contribution in [0, 0.1) is 13.8 Å². The summed E-state index contributed by atoms with van der Waals surface area (Å²) in [4.78, 5) is 16.1. The van der Waals surface area contributed by atoms with Crippen molar-refractivity contribution in [1.82, 2.24) is 9.47 Å². The van der Waals surface area contributed by atoms with Crippen LogP contribution in [-0.2, 0) is 20.8 Å². The second-order valence-corrected chi connectivity index (χ2v) is 6.07. The molecule has 0 saturated heterocycles. The van der Waals surface area contributed by atoms with Gasteiger partial charge in [0.05, 0.1) is 17.8 Å². The summed E-state index contributed by atoms with van der Waals surface area (Å²) in [5.74, 6) is -1.59. The first-order valence-corrected chi connectivity index (χ1v) is 8.18. The molecule has 0 unspecified atom stereocenters. The van der Waals surface area contributed by atoms with Crippen LogP contribution in [0.15, 0.2) is 10.6 Å². The van der Waals surface area contributed by atoms with Gasteiger partial charge in [0.15, 0.2) is 11.4 Å². The maximum absolute atomic E-state index is 11.6. The number of ether oxygens (including phenoxy) is 2. The van der Waals surface area contributed by atoms with E-state index < -0.39 is 12.5 Å². The Morgan fingerprint density at radius 3 is 2.52 bits per heavy atom. The summed E-state index contributed by atoms with van der Waals surface area (Å²) in [7, 11) is 2.62. The molecule has 2 rings (SSSR count). The van der Waals surface area contributed by atoms with E-state index in [9.17, 15) is 13.6 Å². The number of halogens is 2. The Labute approximate surface area is 148 Å². The van der Waals surface area contributed by atoms with E-state index in [1.54, 1.807) is 10.9 Å². The first kappa shape index (κ1) is 21.1. The molecule has 0 fully saturated rings. The maximum atomic E-state index is 11.6. The summed E-state index contributed by atoms with van der Waals surface area (Å²) in [6.45, 7) is 4.59. The summed E-state index contributed by atoms with van der Waals surface area (Å²) in [6.07, 6.45) is 1.98. The zero-order valence-electron chi connectivity index (χ0n) is 14.8. The van der Waals surface area contributed by atoms with Crippen LogP contribution in [0.5, 0.6) is 0 Å². The van der Waals surface area contributed by atoms with Gasteiger partial charge < -0.3 is 13.9 Å².